The summed E-state index contributed by atoms with van der Waals surface area (Å²) in [6.45, 7) is 2.73. The Morgan fingerprint density at radius 2 is 2.17 bits per heavy atom. The summed E-state index contributed by atoms with van der Waals surface area (Å²) >= 11 is 0. The third kappa shape index (κ3) is 2.67. The first-order valence-electron chi connectivity index (χ1n) is 7.84. The molecule has 6 heteroatoms. The molecule has 0 spiro atoms. The van der Waals surface area contributed by atoms with E-state index in [1.807, 2.05) is 25.3 Å². The molecule has 116 valence electrons. The molecule has 0 aromatic carbocycles. The minimum Gasteiger partial charge on any atom is -0.366 e. The number of anilines is 1. The van der Waals surface area contributed by atoms with E-state index in [2.05, 4.69) is 20.5 Å². The summed E-state index contributed by atoms with van der Waals surface area (Å²) in [5.74, 6) is 1.68. The average molecular weight is 306 g/mol. The molecule has 0 fully saturated rings. The Balaban J connectivity index is 1.68. The number of aryl methyl sites for hydroxylation is 2. The van der Waals surface area contributed by atoms with Gasteiger partial charge in [-0.1, -0.05) is 0 Å². The summed E-state index contributed by atoms with van der Waals surface area (Å²) < 4.78 is 0. The fourth-order valence-corrected chi connectivity index (χ4v) is 2.94. The van der Waals surface area contributed by atoms with Gasteiger partial charge in [-0.3, -0.25) is 10.1 Å². The Labute approximate surface area is 134 Å². The number of nitrogens with one attached hydrogen (secondary N) is 2. The Morgan fingerprint density at radius 1 is 1.22 bits per heavy atom. The number of H-pyrrole nitrogens is 1. The van der Waals surface area contributed by atoms with E-state index in [1.54, 1.807) is 12.4 Å². The molecule has 6 nitrogen and oxygen atoms in total. The smallest absolute Gasteiger partial charge is 0.163 e. The van der Waals surface area contributed by atoms with Crippen molar-refractivity contribution < 1.29 is 0 Å². The van der Waals surface area contributed by atoms with Gasteiger partial charge in [0.2, 0.25) is 0 Å². The van der Waals surface area contributed by atoms with Crippen molar-refractivity contribution in [3.8, 4) is 11.4 Å². The van der Waals surface area contributed by atoms with Crippen molar-refractivity contribution in [3.05, 3.63) is 53.2 Å². The number of aromatic amines is 1. The van der Waals surface area contributed by atoms with Crippen LogP contribution in [0.1, 0.15) is 28.9 Å². The maximum atomic E-state index is 4.75. The zero-order valence-corrected chi connectivity index (χ0v) is 13.0. The summed E-state index contributed by atoms with van der Waals surface area (Å²) in [6, 6.07) is 3.90. The van der Waals surface area contributed by atoms with Crippen LogP contribution < -0.4 is 5.32 Å². The lowest BCUT2D eigenvalue weighted by Crippen LogP contribution is -2.07. The Bertz CT molecular complexity index is 824. The van der Waals surface area contributed by atoms with Gasteiger partial charge in [-0.2, -0.15) is 5.10 Å². The summed E-state index contributed by atoms with van der Waals surface area (Å²) in [6.07, 6.45) is 8.62. The lowest BCUT2D eigenvalue weighted by molar-refractivity contribution is 0.899. The molecule has 0 saturated heterocycles. The molecule has 1 aliphatic rings. The van der Waals surface area contributed by atoms with Gasteiger partial charge in [0.1, 0.15) is 5.82 Å². The van der Waals surface area contributed by atoms with Crippen LogP contribution >= 0.6 is 0 Å². The first-order valence-corrected chi connectivity index (χ1v) is 7.84. The van der Waals surface area contributed by atoms with Gasteiger partial charge in [-0.25, -0.2) is 9.97 Å². The van der Waals surface area contributed by atoms with Gasteiger partial charge < -0.3 is 5.32 Å². The lowest BCUT2D eigenvalue weighted by Gasteiger charge is -2.12. The highest BCUT2D eigenvalue weighted by atomic mass is 15.1. The normalized spacial score (nSPS) is 13.1. The van der Waals surface area contributed by atoms with E-state index < -0.39 is 0 Å². The van der Waals surface area contributed by atoms with Gasteiger partial charge >= 0.3 is 0 Å². The molecular formula is C17H18N6. The third-order valence-electron chi connectivity index (χ3n) is 4.23. The molecule has 0 amide bonds. The van der Waals surface area contributed by atoms with Gasteiger partial charge in [-0.05, 0) is 38.3 Å². The van der Waals surface area contributed by atoms with Crippen LogP contribution in [0.25, 0.3) is 11.4 Å². The lowest BCUT2D eigenvalue weighted by atomic mass is 10.2. The second-order valence-corrected chi connectivity index (χ2v) is 5.79. The molecule has 4 rings (SSSR count). The van der Waals surface area contributed by atoms with Crippen molar-refractivity contribution in [2.45, 2.75) is 32.7 Å². The molecule has 0 radical (unpaired) electrons. The van der Waals surface area contributed by atoms with E-state index in [1.165, 1.54) is 5.56 Å². The maximum absolute atomic E-state index is 4.75. The standard InChI is InChI=1S/C17H18N6/c1-11-13(10-20-23-11)9-19-17-14-5-2-6-15(14)21-16(22-17)12-4-3-7-18-8-12/h3-4,7-8,10H,2,5-6,9H2,1H3,(H,20,23)(H,19,21,22). The molecule has 2 N–H and O–H groups in total. The van der Waals surface area contributed by atoms with Crippen molar-refractivity contribution in [2.24, 2.45) is 0 Å². The second kappa shape index (κ2) is 5.79. The molecule has 3 aromatic heterocycles. The Kier molecular flexibility index (Phi) is 3.49. The molecular weight excluding hydrogens is 288 g/mol. The molecule has 0 bridgehead atoms. The highest BCUT2D eigenvalue weighted by Crippen LogP contribution is 2.29. The van der Waals surface area contributed by atoms with Crippen molar-refractivity contribution in [3.63, 3.8) is 0 Å². The van der Waals surface area contributed by atoms with E-state index in [4.69, 9.17) is 9.97 Å². The van der Waals surface area contributed by atoms with Crippen LogP contribution in [-0.2, 0) is 19.4 Å². The molecule has 0 unspecified atom stereocenters. The summed E-state index contributed by atoms with van der Waals surface area (Å²) in [7, 11) is 0. The van der Waals surface area contributed by atoms with Crippen molar-refractivity contribution >= 4 is 5.82 Å². The van der Waals surface area contributed by atoms with Crippen molar-refractivity contribution in [1.82, 2.24) is 25.1 Å². The van der Waals surface area contributed by atoms with Crippen LogP contribution in [-0.4, -0.2) is 25.1 Å². The quantitative estimate of drug-likeness (QED) is 0.774. The third-order valence-corrected chi connectivity index (χ3v) is 4.23. The minimum atomic E-state index is 0.707. The molecule has 1 aliphatic carbocycles. The monoisotopic (exact) mass is 306 g/mol. The zero-order chi connectivity index (χ0) is 15.6. The number of pyridine rings is 1. The average Bonchev–Trinajstić information content (AvgIpc) is 3.22. The predicted molar refractivity (Wildman–Crippen MR) is 87.9 cm³/mol. The van der Waals surface area contributed by atoms with Gasteiger partial charge in [0.15, 0.2) is 5.82 Å². The first kappa shape index (κ1) is 13.9. The van der Waals surface area contributed by atoms with Crippen LogP contribution in [0, 0.1) is 6.92 Å². The van der Waals surface area contributed by atoms with Crippen LogP contribution in [0.4, 0.5) is 5.82 Å². The van der Waals surface area contributed by atoms with E-state index >= 15 is 0 Å². The maximum Gasteiger partial charge on any atom is 0.163 e. The number of hydrogen-bond donors (Lipinski definition) is 2. The van der Waals surface area contributed by atoms with Crippen molar-refractivity contribution in [2.75, 3.05) is 5.32 Å². The summed E-state index contributed by atoms with van der Waals surface area (Å²) in [5, 5.41) is 10.5. The minimum absolute atomic E-state index is 0.707. The fraction of sp³-hybridized carbons (Fsp3) is 0.294. The van der Waals surface area contributed by atoms with Crippen LogP contribution in [0.15, 0.2) is 30.7 Å². The van der Waals surface area contributed by atoms with Gasteiger partial charge in [-0.15, -0.1) is 0 Å². The van der Waals surface area contributed by atoms with E-state index in [9.17, 15) is 0 Å². The second-order valence-electron chi connectivity index (χ2n) is 5.79. The van der Waals surface area contributed by atoms with Crippen LogP contribution in [0.5, 0.6) is 0 Å². The SMILES string of the molecule is Cc1[nH]ncc1CNc1nc(-c2cccnc2)nc2c1CCC2. The molecule has 3 aromatic rings. The van der Waals surface area contributed by atoms with Gasteiger partial charge in [0.05, 0.1) is 6.20 Å². The summed E-state index contributed by atoms with van der Waals surface area (Å²) in [5.41, 5.74) is 5.59. The first-order chi connectivity index (χ1) is 11.3. The molecule has 0 atom stereocenters. The Hall–Kier alpha value is -2.76. The fourth-order valence-electron chi connectivity index (χ4n) is 2.94. The topological polar surface area (TPSA) is 79.4 Å². The number of hydrogen-bond acceptors (Lipinski definition) is 5. The molecule has 0 aliphatic heterocycles. The summed E-state index contributed by atoms with van der Waals surface area (Å²) in [4.78, 5) is 13.7. The predicted octanol–water partition coefficient (Wildman–Crippen LogP) is 2.67. The number of fused-ring (bicyclic) bond motifs is 1. The van der Waals surface area contributed by atoms with Crippen LogP contribution in [0.2, 0.25) is 0 Å². The molecule has 3 heterocycles. The molecule has 0 saturated carbocycles. The highest BCUT2D eigenvalue weighted by molar-refractivity contribution is 5.60. The van der Waals surface area contributed by atoms with Gasteiger partial charge in [0.25, 0.3) is 0 Å². The van der Waals surface area contributed by atoms with E-state index in [0.717, 1.165) is 53.4 Å². The van der Waals surface area contributed by atoms with Crippen molar-refractivity contribution in [1.29, 1.82) is 0 Å². The van der Waals surface area contributed by atoms with Gasteiger partial charge in [0, 0.05) is 47.0 Å². The molecule has 23 heavy (non-hydrogen) atoms. The van der Waals surface area contributed by atoms with E-state index in [0.29, 0.717) is 6.54 Å². The number of rotatable bonds is 4. The number of aromatic nitrogens is 5. The Morgan fingerprint density at radius 3 is 2.96 bits per heavy atom. The van der Waals surface area contributed by atoms with E-state index in [-0.39, 0.29) is 0 Å². The number of nitrogens with zero attached hydrogens (tertiary/aromatic N) is 4. The zero-order valence-electron chi connectivity index (χ0n) is 13.0. The largest absolute Gasteiger partial charge is 0.366 e. The van der Waals surface area contributed by atoms with Crippen LogP contribution in [0.3, 0.4) is 0 Å². The highest BCUT2D eigenvalue weighted by Gasteiger charge is 2.20.